The number of aryl methyl sites for hydroxylation is 2. The van der Waals surface area contributed by atoms with Crippen molar-refractivity contribution in [1.82, 2.24) is 0 Å². The van der Waals surface area contributed by atoms with Gasteiger partial charge in [-0.1, -0.05) is 30.3 Å². The normalized spacial score (nSPS) is 20.5. The van der Waals surface area contributed by atoms with Gasteiger partial charge in [0.1, 0.15) is 0 Å². The number of hydrogen-bond donors (Lipinski definition) is 0. The van der Waals surface area contributed by atoms with Crippen molar-refractivity contribution < 1.29 is 4.74 Å². The Balaban J connectivity index is 1.74. The molecule has 1 unspecified atom stereocenters. The molecule has 4 rings (SSSR count). The van der Waals surface area contributed by atoms with Crippen LogP contribution < -0.4 is 0 Å². The third-order valence-corrected chi connectivity index (χ3v) is 5.89. The van der Waals surface area contributed by atoms with Gasteiger partial charge >= 0.3 is 0 Å². The van der Waals surface area contributed by atoms with Crippen LogP contribution in [0.5, 0.6) is 0 Å². The minimum atomic E-state index is 0.0230. The number of alkyl halides is 1. The molecule has 0 aromatic heterocycles. The van der Waals surface area contributed by atoms with Crippen LogP contribution in [0.1, 0.15) is 47.8 Å². The number of hydrogen-bond acceptors (Lipinski definition) is 1. The Morgan fingerprint density at radius 3 is 2.57 bits per heavy atom. The highest BCUT2D eigenvalue weighted by molar-refractivity contribution is 6.22. The first-order valence-electron chi connectivity index (χ1n) is 7.95. The van der Waals surface area contributed by atoms with Crippen molar-refractivity contribution in [1.29, 1.82) is 0 Å². The molecule has 1 nitrogen and oxygen atoms in total. The lowest BCUT2D eigenvalue weighted by Gasteiger charge is -2.42. The number of ether oxygens (including phenoxy) is 1. The molecule has 2 aromatic rings. The van der Waals surface area contributed by atoms with E-state index in [1.54, 1.807) is 0 Å². The molecule has 2 aliphatic carbocycles. The Labute approximate surface area is 131 Å². The van der Waals surface area contributed by atoms with Gasteiger partial charge in [-0.05, 0) is 66.0 Å². The summed E-state index contributed by atoms with van der Waals surface area (Å²) in [6.07, 6.45) is 6.82. The maximum atomic E-state index is 6.81. The largest absolute Gasteiger partial charge is 0.378 e. The topological polar surface area (TPSA) is 9.23 Å². The van der Waals surface area contributed by atoms with Crippen LogP contribution in [0.2, 0.25) is 0 Å². The summed E-state index contributed by atoms with van der Waals surface area (Å²) in [5, 5.41) is 2.85. The highest BCUT2D eigenvalue weighted by Gasteiger charge is 2.39. The minimum absolute atomic E-state index is 0.0230. The third kappa shape index (κ3) is 2.10. The van der Waals surface area contributed by atoms with Crippen LogP contribution in [0.15, 0.2) is 30.3 Å². The molecule has 0 N–H and O–H groups in total. The summed E-state index contributed by atoms with van der Waals surface area (Å²) in [6, 6.07) is 11.2. The van der Waals surface area contributed by atoms with Gasteiger partial charge in [0.15, 0.2) is 0 Å². The van der Waals surface area contributed by atoms with Crippen LogP contribution in [-0.2, 0) is 17.6 Å². The zero-order valence-corrected chi connectivity index (χ0v) is 13.2. The molecule has 0 saturated heterocycles. The molecule has 1 fully saturated rings. The van der Waals surface area contributed by atoms with Gasteiger partial charge in [-0.25, -0.2) is 0 Å². The van der Waals surface area contributed by atoms with Gasteiger partial charge < -0.3 is 4.74 Å². The fraction of sp³-hybridized carbons (Fsp3) is 0.474. The fourth-order valence-electron chi connectivity index (χ4n) is 4.04. The summed E-state index contributed by atoms with van der Waals surface area (Å²) < 4.78 is 5.75. The summed E-state index contributed by atoms with van der Waals surface area (Å²) in [5.74, 6) is 0. The monoisotopic (exact) mass is 300 g/mol. The lowest BCUT2D eigenvalue weighted by molar-refractivity contribution is -0.0779. The van der Waals surface area contributed by atoms with Crippen LogP contribution in [0.3, 0.4) is 0 Å². The summed E-state index contributed by atoms with van der Waals surface area (Å²) in [4.78, 5) is 0. The summed E-state index contributed by atoms with van der Waals surface area (Å²) >= 11 is 6.81. The minimum Gasteiger partial charge on any atom is -0.378 e. The van der Waals surface area contributed by atoms with Crippen LogP contribution in [0.4, 0.5) is 0 Å². The molecule has 2 heteroatoms. The van der Waals surface area contributed by atoms with E-state index < -0.39 is 0 Å². The lowest BCUT2D eigenvalue weighted by Crippen LogP contribution is -2.39. The standard InChI is InChI=1S/C19H21ClO/c1-21-19(10-3-11-19)12-17(20)15-9-8-14-7-6-13-4-2-5-16(15)18(13)14/h2,4-5,8-9,17H,3,6-7,10-12H2,1H3. The zero-order valence-electron chi connectivity index (χ0n) is 12.5. The highest BCUT2D eigenvalue weighted by Crippen LogP contribution is 2.46. The second-order valence-electron chi connectivity index (χ2n) is 6.57. The molecule has 1 saturated carbocycles. The van der Waals surface area contributed by atoms with Gasteiger partial charge in [-0.15, -0.1) is 11.6 Å². The molecule has 0 heterocycles. The molecule has 21 heavy (non-hydrogen) atoms. The zero-order chi connectivity index (χ0) is 14.4. The summed E-state index contributed by atoms with van der Waals surface area (Å²) in [6.45, 7) is 0. The van der Waals surface area contributed by atoms with E-state index in [1.165, 1.54) is 46.7 Å². The second-order valence-corrected chi connectivity index (χ2v) is 7.09. The van der Waals surface area contributed by atoms with E-state index >= 15 is 0 Å². The van der Waals surface area contributed by atoms with E-state index in [-0.39, 0.29) is 11.0 Å². The molecular weight excluding hydrogens is 280 g/mol. The first-order valence-corrected chi connectivity index (χ1v) is 8.39. The smallest absolute Gasteiger partial charge is 0.0696 e. The molecule has 0 radical (unpaired) electrons. The number of methoxy groups -OCH3 is 1. The van der Waals surface area contributed by atoms with Gasteiger partial charge in [0.25, 0.3) is 0 Å². The van der Waals surface area contributed by atoms with Gasteiger partial charge in [-0.3, -0.25) is 0 Å². The fourth-order valence-corrected chi connectivity index (χ4v) is 4.51. The van der Waals surface area contributed by atoms with E-state index in [4.69, 9.17) is 16.3 Å². The Kier molecular flexibility index (Phi) is 3.24. The second kappa shape index (κ2) is 5.00. The van der Waals surface area contributed by atoms with Crippen LogP contribution in [0.25, 0.3) is 10.8 Å². The first kappa shape index (κ1) is 13.6. The molecule has 0 aliphatic heterocycles. The summed E-state index contributed by atoms with van der Waals surface area (Å²) in [5.41, 5.74) is 4.27. The maximum Gasteiger partial charge on any atom is 0.0696 e. The van der Waals surface area contributed by atoms with E-state index in [9.17, 15) is 0 Å². The average Bonchev–Trinajstić information content (AvgIpc) is 2.88. The van der Waals surface area contributed by atoms with E-state index in [1.807, 2.05) is 7.11 Å². The van der Waals surface area contributed by atoms with Crippen molar-refractivity contribution >= 4 is 22.4 Å². The van der Waals surface area contributed by atoms with Crippen molar-refractivity contribution in [2.24, 2.45) is 0 Å². The van der Waals surface area contributed by atoms with Crippen LogP contribution in [-0.4, -0.2) is 12.7 Å². The Bertz CT molecular complexity index is 672. The van der Waals surface area contributed by atoms with Crippen molar-refractivity contribution in [3.05, 3.63) is 47.0 Å². The van der Waals surface area contributed by atoms with Gasteiger partial charge in [0, 0.05) is 7.11 Å². The predicted octanol–water partition coefficient (Wildman–Crippen LogP) is 5.18. The van der Waals surface area contributed by atoms with E-state index in [0.717, 1.165) is 19.3 Å². The van der Waals surface area contributed by atoms with Gasteiger partial charge in [0.05, 0.1) is 11.0 Å². The molecule has 110 valence electrons. The lowest BCUT2D eigenvalue weighted by atomic mass is 9.75. The Morgan fingerprint density at radius 2 is 1.90 bits per heavy atom. The quantitative estimate of drug-likeness (QED) is 0.707. The first-order chi connectivity index (χ1) is 10.2. The SMILES string of the molecule is COC1(CC(Cl)c2ccc3c4c(cccc24)CC3)CCC1. The third-order valence-electron chi connectivity index (χ3n) is 5.50. The van der Waals surface area contributed by atoms with Crippen LogP contribution in [0, 0.1) is 0 Å². The van der Waals surface area contributed by atoms with E-state index in [0.29, 0.717) is 0 Å². The predicted molar refractivity (Wildman–Crippen MR) is 88.2 cm³/mol. The molecule has 0 amide bonds. The van der Waals surface area contributed by atoms with Crippen molar-refractivity contribution in [2.45, 2.75) is 49.5 Å². The summed E-state index contributed by atoms with van der Waals surface area (Å²) in [7, 11) is 1.83. The molecule has 2 aromatic carbocycles. The molecule has 0 bridgehead atoms. The maximum absolute atomic E-state index is 6.81. The van der Waals surface area contributed by atoms with Crippen molar-refractivity contribution in [2.75, 3.05) is 7.11 Å². The van der Waals surface area contributed by atoms with Gasteiger partial charge in [-0.2, -0.15) is 0 Å². The van der Waals surface area contributed by atoms with E-state index in [2.05, 4.69) is 30.3 Å². The number of benzene rings is 2. The Hall–Kier alpha value is -1.05. The van der Waals surface area contributed by atoms with Crippen molar-refractivity contribution in [3.63, 3.8) is 0 Å². The molecule has 2 aliphatic rings. The highest BCUT2D eigenvalue weighted by atomic mass is 35.5. The van der Waals surface area contributed by atoms with Gasteiger partial charge in [0.2, 0.25) is 0 Å². The molecule has 1 atom stereocenters. The number of halogens is 1. The average molecular weight is 301 g/mol. The molecular formula is C19H21ClO. The Morgan fingerprint density at radius 1 is 1.14 bits per heavy atom. The molecule has 0 spiro atoms. The number of rotatable bonds is 4. The van der Waals surface area contributed by atoms with Crippen LogP contribution >= 0.6 is 11.6 Å². The van der Waals surface area contributed by atoms with Crippen molar-refractivity contribution in [3.8, 4) is 0 Å².